The molecule has 0 aliphatic carbocycles. The molecule has 0 aliphatic rings. The molecule has 0 aliphatic heterocycles. The fourth-order valence-corrected chi connectivity index (χ4v) is 3.31. The molecule has 6 nitrogen and oxygen atoms in total. The Labute approximate surface area is 155 Å². The number of para-hydroxylation sites is 1. The van der Waals surface area contributed by atoms with Crippen molar-refractivity contribution in [2.75, 3.05) is 11.1 Å². The van der Waals surface area contributed by atoms with Crippen LogP contribution in [0.3, 0.4) is 0 Å². The molecular weight excluding hydrogens is 346 g/mol. The van der Waals surface area contributed by atoms with E-state index in [9.17, 15) is 4.79 Å². The highest BCUT2D eigenvalue weighted by Gasteiger charge is 2.14. The highest BCUT2D eigenvalue weighted by atomic mass is 32.2. The van der Waals surface area contributed by atoms with E-state index >= 15 is 0 Å². The zero-order valence-electron chi connectivity index (χ0n) is 14.4. The quantitative estimate of drug-likeness (QED) is 0.702. The second-order valence-corrected chi connectivity index (χ2v) is 6.62. The molecule has 0 radical (unpaired) electrons. The summed E-state index contributed by atoms with van der Waals surface area (Å²) in [4.78, 5) is 12.2. The number of nitrogens with one attached hydrogen (secondary N) is 1. The average Bonchev–Trinajstić information content (AvgIpc) is 3.01. The van der Waals surface area contributed by atoms with Gasteiger partial charge in [-0.2, -0.15) is 5.26 Å². The number of carbonyl (C=O) groups excluding carboxylic acids is 1. The van der Waals surface area contributed by atoms with Gasteiger partial charge in [0.25, 0.3) is 0 Å². The number of amides is 1. The minimum atomic E-state index is -0.165. The van der Waals surface area contributed by atoms with Crippen LogP contribution in [-0.2, 0) is 4.79 Å². The van der Waals surface area contributed by atoms with Gasteiger partial charge in [-0.05, 0) is 43.7 Å². The predicted molar refractivity (Wildman–Crippen MR) is 101 cm³/mol. The molecule has 0 bridgehead atoms. The van der Waals surface area contributed by atoms with Gasteiger partial charge < -0.3 is 5.32 Å². The van der Waals surface area contributed by atoms with E-state index in [0.717, 1.165) is 17.1 Å². The standard InChI is InChI=1S/C19H17N5OS/c1-13-6-3-4-9-17(13)24-14(2)22-23-19(24)26-12-18(25)21-16-8-5-7-15(10-16)11-20/h3-10H,12H2,1-2H3,(H,21,25). The van der Waals surface area contributed by atoms with Gasteiger partial charge in [-0.25, -0.2) is 0 Å². The van der Waals surface area contributed by atoms with Crippen LogP contribution in [-0.4, -0.2) is 26.4 Å². The molecule has 0 spiro atoms. The van der Waals surface area contributed by atoms with Gasteiger partial charge in [0.15, 0.2) is 5.16 Å². The second kappa shape index (κ2) is 7.85. The summed E-state index contributed by atoms with van der Waals surface area (Å²) in [6, 6.07) is 16.8. The van der Waals surface area contributed by atoms with Crippen LogP contribution >= 0.6 is 11.8 Å². The molecule has 1 amide bonds. The maximum atomic E-state index is 12.2. The molecule has 130 valence electrons. The van der Waals surface area contributed by atoms with Gasteiger partial charge in [0.1, 0.15) is 5.82 Å². The van der Waals surface area contributed by atoms with E-state index in [-0.39, 0.29) is 11.7 Å². The van der Waals surface area contributed by atoms with Gasteiger partial charge in [-0.3, -0.25) is 9.36 Å². The number of aromatic nitrogens is 3. The minimum absolute atomic E-state index is 0.165. The molecule has 0 fully saturated rings. The van der Waals surface area contributed by atoms with Crippen molar-refractivity contribution >= 4 is 23.4 Å². The molecule has 1 aromatic heterocycles. The van der Waals surface area contributed by atoms with Gasteiger partial charge in [0, 0.05) is 5.69 Å². The van der Waals surface area contributed by atoms with Crippen molar-refractivity contribution in [1.29, 1.82) is 5.26 Å². The van der Waals surface area contributed by atoms with Crippen LogP contribution in [0.1, 0.15) is 17.0 Å². The lowest BCUT2D eigenvalue weighted by molar-refractivity contribution is -0.113. The van der Waals surface area contributed by atoms with Crippen LogP contribution in [0.25, 0.3) is 5.69 Å². The Morgan fingerprint density at radius 1 is 1.19 bits per heavy atom. The number of rotatable bonds is 5. The first-order chi connectivity index (χ1) is 12.6. The van der Waals surface area contributed by atoms with Gasteiger partial charge in [0.2, 0.25) is 5.91 Å². The third kappa shape index (κ3) is 3.92. The van der Waals surface area contributed by atoms with E-state index in [0.29, 0.717) is 16.4 Å². The van der Waals surface area contributed by atoms with E-state index in [2.05, 4.69) is 21.6 Å². The Morgan fingerprint density at radius 3 is 2.77 bits per heavy atom. The smallest absolute Gasteiger partial charge is 0.234 e. The van der Waals surface area contributed by atoms with E-state index in [1.54, 1.807) is 24.3 Å². The van der Waals surface area contributed by atoms with E-state index < -0.39 is 0 Å². The molecule has 0 unspecified atom stereocenters. The zero-order valence-corrected chi connectivity index (χ0v) is 15.2. The molecule has 26 heavy (non-hydrogen) atoms. The van der Waals surface area contributed by atoms with Crippen LogP contribution in [0.4, 0.5) is 5.69 Å². The Kier molecular flexibility index (Phi) is 5.34. The number of anilines is 1. The van der Waals surface area contributed by atoms with E-state index in [4.69, 9.17) is 5.26 Å². The number of nitriles is 1. The number of hydrogen-bond acceptors (Lipinski definition) is 5. The monoisotopic (exact) mass is 363 g/mol. The van der Waals surface area contributed by atoms with Crippen molar-refractivity contribution in [3.63, 3.8) is 0 Å². The van der Waals surface area contributed by atoms with Crippen molar-refractivity contribution in [3.8, 4) is 11.8 Å². The van der Waals surface area contributed by atoms with Crippen molar-refractivity contribution in [3.05, 3.63) is 65.5 Å². The van der Waals surface area contributed by atoms with Crippen molar-refractivity contribution in [2.45, 2.75) is 19.0 Å². The summed E-state index contributed by atoms with van der Waals surface area (Å²) in [6.45, 7) is 3.91. The molecule has 3 aromatic rings. The number of nitrogens with zero attached hydrogens (tertiary/aromatic N) is 4. The molecular formula is C19H17N5OS. The molecule has 7 heteroatoms. The van der Waals surface area contributed by atoms with Crippen LogP contribution in [0.15, 0.2) is 53.7 Å². The third-order valence-electron chi connectivity index (χ3n) is 3.76. The fourth-order valence-electron chi connectivity index (χ4n) is 2.52. The Morgan fingerprint density at radius 2 is 2.00 bits per heavy atom. The third-order valence-corrected chi connectivity index (χ3v) is 4.69. The number of hydrogen-bond donors (Lipinski definition) is 1. The summed E-state index contributed by atoms with van der Waals surface area (Å²) in [5, 5.41) is 20.7. The first-order valence-electron chi connectivity index (χ1n) is 7.99. The number of aryl methyl sites for hydroxylation is 2. The summed E-state index contributed by atoms with van der Waals surface area (Å²) in [7, 11) is 0. The predicted octanol–water partition coefficient (Wildman–Crippen LogP) is 3.49. The lowest BCUT2D eigenvalue weighted by atomic mass is 10.2. The van der Waals surface area contributed by atoms with Gasteiger partial charge in [-0.1, -0.05) is 36.0 Å². The van der Waals surface area contributed by atoms with Gasteiger partial charge >= 0.3 is 0 Å². The lowest BCUT2D eigenvalue weighted by Crippen LogP contribution is -2.14. The normalized spacial score (nSPS) is 10.3. The molecule has 0 atom stereocenters. The Hall–Kier alpha value is -3.11. The van der Waals surface area contributed by atoms with Crippen molar-refractivity contribution in [2.24, 2.45) is 0 Å². The Balaban J connectivity index is 1.72. The zero-order chi connectivity index (χ0) is 18.5. The summed E-state index contributed by atoms with van der Waals surface area (Å²) in [6.07, 6.45) is 0. The first kappa shape index (κ1) is 17.7. The molecule has 3 rings (SSSR count). The van der Waals surface area contributed by atoms with Crippen LogP contribution < -0.4 is 5.32 Å². The highest BCUT2D eigenvalue weighted by Crippen LogP contribution is 2.24. The largest absolute Gasteiger partial charge is 0.325 e. The molecule has 0 saturated carbocycles. The molecule has 0 saturated heterocycles. The molecule has 1 N–H and O–H groups in total. The van der Waals surface area contributed by atoms with Gasteiger partial charge in [-0.15, -0.1) is 10.2 Å². The molecule has 1 heterocycles. The fraction of sp³-hybridized carbons (Fsp3) is 0.158. The minimum Gasteiger partial charge on any atom is -0.325 e. The lowest BCUT2D eigenvalue weighted by Gasteiger charge is -2.11. The number of benzene rings is 2. The summed E-state index contributed by atoms with van der Waals surface area (Å²) in [5.41, 5.74) is 3.21. The van der Waals surface area contributed by atoms with Gasteiger partial charge in [0.05, 0.1) is 23.1 Å². The summed E-state index contributed by atoms with van der Waals surface area (Å²) < 4.78 is 1.95. The van der Waals surface area contributed by atoms with Crippen LogP contribution in [0.5, 0.6) is 0 Å². The summed E-state index contributed by atoms with van der Waals surface area (Å²) >= 11 is 1.32. The number of thioether (sulfide) groups is 1. The first-order valence-corrected chi connectivity index (χ1v) is 8.98. The Bertz CT molecular complexity index is 990. The molecule has 2 aromatic carbocycles. The topological polar surface area (TPSA) is 83.6 Å². The van der Waals surface area contributed by atoms with E-state index in [1.807, 2.05) is 42.7 Å². The van der Waals surface area contributed by atoms with Crippen molar-refractivity contribution < 1.29 is 4.79 Å². The second-order valence-electron chi connectivity index (χ2n) is 5.68. The van der Waals surface area contributed by atoms with Crippen LogP contribution in [0.2, 0.25) is 0 Å². The summed E-state index contributed by atoms with van der Waals surface area (Å²) in [5.74, 6) is 0.798. The average molecular weight is 363 g/mol. The SMILES string of the molecule is Cc1ccccc1-n1c(C)nnc1SCC(=O)Nc1cccc(C#N)c1. The maximum absolute atomic E-state index is 12.2. The van der Waals surface area contributed by atoms with Crippen molar-refractivity contribution in [1.82, 2.24) is 14.8 Å². The highest BCUT2D eigenvalue weighted by molar-refractivity contribution is 7.99. The van der Waals surface area contributed by atoms with E-state index in [1.165, 1.54) is 11.8 Å². The maximum Gasteiger partial charge on any atom is 0.234 e. The number of carbonyl (C=O) groups is 1. The van der Waals surface area contributed by atoms with Crippen LogP contribution in [0, 0.1) is 25.2 Å².